The second kappa shape index (κ2) is 5.79. The molecule has 0 amide bonds. The lowest BCUT2D eigenvalue weighted by molar-refractivity contribution is 0.582. The van der Waals surface area contributed by atoms with Crippen molar-refractivity contribution in [3.8, 4) is 17.2 Å². The van der Waals surface area contributed by atoms with Crippen molar-refractivity contribution in [1.29, 1.82) is 5.26 Å². The minimum atomic E-state index is -4.04. The van der Waals surface area contributed by atoms with E-state index in [1.165, 1.54) is 18.3 Å². The SMILES string of the molecule is Cn1cc(-c2cnc3cnn(S(=O)(=O)c4ccccc4C#N)c3c2)cn1. The van der Waals surface area contributed by atoms with Gasteiger partial charge in [-0.15, -0.1) is 0 Å². The van der Waals surface area contributed by atoms with E-state index >= 15 is 0 Å². The molecule has 9 heteroatoms. The molecule has 0 bridgehead atoms. The first kappa shape index (κ1) is 16.0. The van der Waals surface area contributed by atoms with E-state index in [-0.39, 0.29) is 10.5 Å². The molecular weight excluding hydrogens is 352 g/mol. The zero-order valence-electron chi connectivity index (χ0n) is 13.6. The summed E-state index contributed by atoms with van der Waals surface area (Å²) in [5.41, 5.74) is 2.36. The van der Waals surface area contributed by atoms with E-state index in [9.17, 15) is 13.7 Å². The van der Waals surface area contributed by atoms with Crippen LogP contribution in [0.2, 0.25) is 0 Å². The third kappa shape index (κ3) is 2.44. The summed E-state index contributed by atoms with van der Waals surface area (Å²) in [5.74, 6) is 0. The van der Waals surface area contributed by atoms with Crippen molar-refractivity contribution in [1.82, 2.24) is 24.0 Å². The molecule has 0 N–H and O–H groups in total. The molecular formula is C17H12N6O2S. The quantitative estimate of drug-likeness (QED) is 0.550. The van der Waals surface area contributed by atoms with Crippen LogP contribution in [0.25, 0.3) is 22.2 Å². The Hall–Kier alpha value is -3.51. The van der Waals surface area contributed by atoms with E-state index in [4.69, 9.17) is 0 Å². The number of aryl methyl sites for hydroxylation is 1. The Morgan fingerprint density at radius 3 is 2.62 bits per heavy atom. The van der Waals surface area contributed by atoms with Gasteiger partial charge in [-0.3, -0.25) is 9.67 Å². The number of benzene rings is 1. The van der Waals surface area contributed by atoms with Gasteiger partial charge >= 0.3 is 0 Å². The fourth-order valence-electron chi connectivity index (χ4n) is 2.68. The van der Waals surface area contributed by atoms with Gasteiger partial charge in [0.15, 0.2) is 0 Å². The molecule has 0 aliphatic heterocycles. The van der Waals surface area contributed by atoms with Crippen molar-refractivity contribution >= 4 is 21.1 Å². The number of fused-ring (bicyclic) bond motifs is 1. The van der Waals surface area contributed by atoms with Crippen LogP contribution in [0.15, 0.2) is 60.0 Å². The maximum Gasteiger partial charge on any atom is 0.284 e. The topological polar surface area (TPSA) is 106 Å². The van der Waals surface area contributed by atoms with Crippen molar-refractivity contribution in [3.63, 3.8) is 0 Å². The van der Waals surface area contributed by atoms with Gasteiger partial charge in [0.25, 0.3) is 10.0 Å². The molecule has 0 atom stereocenters. The maximum atomic E-state index is 13.0. The zero-order chi connectivity index (χ0) is 18.3. The van der Waals surface area contributed by atoms with Crippen LogP contribution in [-0.4, -0.2) is 32.4 Å². The van der Waals surface area contributed by atoms with E-state index in [0.29, 0.717) is 11.0 Å². The van der Waals surface area contributed by atoms with Gasteiger partial charge in [0, 0.05) is 30.6 Å². The van der Waals surface area contributed by atoms with Crippen LogP contribution >= 0.6 is 0 Å². The van der Waals surface area contributed by atoms with E-state index in [0.717, 1.165) is 15.2 Å². The molecule has 0 unspecified atom stereocenters. The Balaban J connectivity index is 1.93. The molecule has 26 heavy (non-hydrogen) atoms. The van der Waals surface area contributed by atoms with Crippen molar-refractivity contribution < 1.29 is 8.42 Å². The molecule has 4 aromatic rings. The Morgan fingerprint density at radius 1 is 1.08 bits per heavy atom. The lowest BCUT2D eigenvalue weighted by Gasteiger charge is -2.07. The van der Waals surface area contributed by atoms with Crippen LogP contribution in [0.1, 0.15) is 5.56 Å². The van der Waals surface area contributed by atoms with Crippen molar-refractivity contribution in [2.45, 2.75) is 4.90 Å². The monoisotopic (exact) mass is 364 g/mol. The highest BCUT2D eigenvalue weighted by atomic mass is 32.2. The molecule has 0 spiro atoms. The molecule has 8 nitrogen and oxygen atoms in total. The van der Waals surface area contributed by atoms with Crippen LogP contribution < -0.4 is 0 Å². The molecule has 4 rings (SSSR count). The van der Waals surface area contributed by atoms with Crippen molar-refractivity contribution in [3.05, 3.63) is 60.7 Å². The lowest BCUT2D eigenvalue weighted by Crippen LogP contribution is -2.15. The average Bonchev–Trinajstić information content (AvgIpc) is 3.27. The van der Waals surface area contributed by atoms with Crippen molar-refractivity contribution in [2.75, 3.05) is 0 Å². The first-order chi connectivity index (χ1) is 12.5. The number of nitrogens with zero attached hydrogens (tertiary/aromatic N) is 6. The minimum Gasteiger partial charge on any atom is -0.275 e. The second-order valence-corrected chi connectivity index (χ2v) is 7.37. The largest absolute Gasteiger partial charge is 0.284 e. The Morgan fingerprint density at radius 2 is 1.88 bits per heavy atom. The third-order valence-electron chi connectivity index (χ3n) is 3.94. The molecule has 3 heterocycles. The summed E-state index contributed by atoms with van der Waals surface area (Å²) in [6, 6.07) is 9.62. The molecule has 0 aliphatic rings. The fraction of sp³-hybridized carbons (Fsp3) is 0.0588. The summed E-state index contributed by atoms with van der Waals surface area (Å²) in [5, 5.41) is 17.3. The zero-order valence-corrected chi connectivity index (χ0v) is 14.4. The van der Waals surface area contributed by atoms with Gasteiger partial charge in [-0.2, -0.15) is 28.0 Å². The lowest BCUT2D eigenvalue weighted by atomic mass is 10.1. The predicted molar refractivity (Wildman–Crippen MR) is 93.5 cm³/mol. The molecule has 128 valence electrons. The number of pyridine rings is 1. The van der Waals surface area contributed by atoms with Gasteiger partial charge in [0.2, 0.25) is 0 Å². The van der Waals surface area contributed by atoms with Gasteiger partial charge in [0.05, 0.1) is 18.0 Å². The number of aromatic nitrogens is 5. The predicted octanol–water partition coefficient (Wildman–Crippen LogP) is 1.94. The van der Waals surface area contributed by atoms with E-state index < -0.39 is 10.0 Å². The summed E-state index contributed by atoms with van der Waals surface area (Å²) >= 11 is 0. The Labute approximate surface area is 149 Å². The summed E-state index contributed by atoms with van der Waals surface area (Å²) in [7, 11) is -2.24. The second-order valence-electron chi connectivity index (χ2n) is 5.63. The Kier molecular flexibility index (Phi) is 3.56. The van der Waals surface area contributed by atoms with Gasteiger partial charge in [0.1, 0.15) is 22.0 Å². The number of rotatable bonds is 3. The summed E-state index contributed by atoms with van der Waals surface area (Å²) in [6.45, 7) is 0. The summed E-state index contributed by atoms with van der Waals surface area (Å²) in [4.78, 5) is 4.19. The number of nitriles is 1. The average molecular weight is 364 g/mol. The molecule has 1 aromatic carbocycles. The minimum absolute atomic E-state index is 0.0625. The van der Waals surface area contributed by atoms with Crippen molar-refractivity contribution in [2.24, 2.45) is 7.05 Å². The van der Waals surface area contributed by atoms with E-state index in [1.54, 1.807) is 42.3 Å². The van der Waals surface area contributed by atoms with Crippen LogP contribution in [0.5, 0.6) is 0 Å². The highest BCUT2D eigenvalue weighted by Gasteiger charge is 2.24. The van der Waals surface area contributed by atoms with Crippen LogP contribution in [0.4, 0.5) is 0 Å². The molecule has 3 aromatic heterocycles. The highest BCUT2D eigenvalue weighted by molar-refractivity contribution is 7.90. The first-order valence-electron chi connectivity index (χ1n) is 7.58. The van der Waals surface area contributed by atoms with Gasteiger partial charge in [-0.25, -0.2) is 0 Å². The first-order valence-corrected chi connectivity index (χ1v) is 9.02. The fourth-order valence-corrected chi connectivity index (χ4v) is 4.09. The smallest absolute Gasteiger partial charge is 0.275 e. The molecule has 0 aliphatic carbocycles. The maximum absolute atomic E-state index is 13.0. The Bertz CT molecular complexity index is 1280. The number of hydrogen-bond donors (Lipinski definition) is 0. The number of hydrogen-bond acceptors (Lipinski definition) is 6. The van der Waals surface area contributed by atoms with E-state index in [1.807, 2.05) is 12.3 Å². The van der Waals surface area contributed by atoms with Gasteiger partial charge < -0.3 is 0 Å². The van der Waals surface area contributed by atoms with Crippen LogP contribution in [0, 0.1) is 11.3 Å². The third-order valence-corrected chi connectivity index (χ3v) is 5.60. The normalized spacial score (nSPS) is 11.5. The van der Waals surface area contributed by atoms with Crippen LogP contribution in [0.3, 0.4) is 0 Å². The highest BCUT2D eigenvalue weighted by Crippen LogP contribution is 2.25. The molecule has 0 radical (unpaired) electrons. The molecule has 0 fully saturated rings. The van der Waals surface area contributed by atoms with Gasteiger partial charge in [-0.1, -0.05) is 12.1 Å². The summed E-state index contributed by atoms with van der Waals surface area (Å²) < 4.78 is 28.6. The van der Waals surface area contributed by atoms with Gasteiger partial charge in [-0.05, 0) is 18.2 Å². The summed E-state index contributed by atoms with van der Waals surface area (Å²) in [6.07, 6.45) is 6.50. The van der Waals surface area contributed by atoms with Crippen LogP contribution in [-0.2, 0) is 17.1 Å². The standard InChI is InChI=1S/C17H12N6O2S/c1-22-11-14(9-20-22)13-6-16-15(19-8-13)10-21-23(16)26(24,25)17-5-3-2-4-12(17)7-18/h2-6,8-11H,1H3. The molecule has 0 saturated heterocycles. The molecule has 0 saturated carbocycles. The van der Waals surface area contributed by atoms with E-state index in [2.05, 4.69) is 15.2 Å².